The predicted molar refractivity (Wildman–Crippen MR) is 102 cm³/mol. The quantitative estimate of drug-likeness (QED) is 0.724. The minimum atomic E-state index is -1.02. The first-order chi connectivity index (χ1) is 13.1. The number of carbonyl (C=O) groups excluding carboxylic acids is 1. The van der Waals surface area contributed by atoms with Gasteiger partial charge >= 0.3 is 5.97 Å². The van der Waals surface area contributed by atoms with E-state index >= 15 is 0 Å². The monoisotopic (exact) mass is 363 g/mol. The minimum Gasteiger partial charge on any atom is -0.481 e. The molecule has 1 aliphatic rings. The van der Waals surface area contributed by atoms with Gasteiger partial charge in [-0.3, -0.25) is 4.79 Å². The van der Waals surface area contributed by atoms with Gasteiger partial charge in [0.2, 0.25) is 0 Å². The van der Waals surface area contributed by atoms with Gasteiger partial charge in [-0.1, -0.05) is 36.4 Å². The first-order valence-electron chi connectivity index (χ1n) is 9.09. The third kappa shape index (κ3) is 3.10. The largest absolute Gasteiger partial charge is 0.481 e. The third-order valence-electron chi connectivity index (χ3n) is 5.24. The molecule has 0 fully saturated rings. The van der Waals surface area contributed by atoms with Crippen LogP contribution < -0.4 is 4.74 Å². The zero-order chi connectivity index (χ0) is 19.0. The van der Waals surface area contributed by atoms with Gasteiger partial charge in [-0.05, 0) is 43.0 Å². The van der Waals surface area contributed by atoms with E-state index in [9.17, 15) is 9.59 Å². The normalized spacial score (nSPS) is 15.7. The van der Waals surface area contributed by atoms with Gasteiger partial charge in [0.1, 0.15) is 11.5 Å². The summed E-state index contributed by atoms with van der Waals surface area (Å²) in [6.45, 7) is 1.93. The van der Waals surface area contributed by atoms with Gasteiger partial charge in [0.25, 0.3) is 0 Å². The van der Waals surface area contributed by atoms with Crippen LogP contribution in [-0.2, 0) is 22.6 Å². The molecule has 0 amide bonds. The standard InChI is InChI=1S/C22H21NO4/c1-14(24)16-10-11-18-21(16)22-17(8-5-9-19(22)27-13-20(25)26)23(18)12-15-6-3-2-4-7-15/h2-9,16H,10-13H2,1H3,(H,25,26). The van der Waals surface area contributed by atoms with Gasteiger partial charge in [0.15, 0.2) is 6.61 Å². The van der Waals surface area contributed by atoms with E-state index in [0.717, 1.165) is 35.0 Å². The molecular formula is C22H21NO4. The van der Waals surface area contributed by atoms with E-state index in [-0.39, 0.29) is 11.7 Å². The molecule has 27 heavy (non-hydrogen) atoms. The van der Waals surface area contributed by atoms with E-state index in [2.05, 4.69) is 16.7 Å². The van der Waals surface area contributed by atoms with Gasteiger partial charge in [0, 0.05) is 23.5 Å². The lowest BCUT2D eigenvalue weighted by atomic mass is 9.96. The minimum absolute atomic E-state index is 0.139. The van der Waals surface area contributed by atoms with Crippen LogP contribution in [0.1, 0.15) is 36.1 Å². The summed E-state index contributed by atoms with van der Waals surface area (Å²) in [7, 11) is 0. The first kappa shape index (κ1) is 17.3. The van der Waals surface area contributed by atoms with Crippen molar-refractivity contribution in [3.05, 3.63) is 65.4 Å². The average molecular weight is 363 g/mol. The summed E-state index contributed by atoms with van der Waals surface area (Å²) in [5.41, 5.74) is 4.33. The summed E-state index contributed by atoms with van der Waals surface area (Å²) in [6, 6.07) is 15.9. The van der Waals surface area contributed by atoms with Crippen LogP contribution in [0, 0.1) is 0 Å². The highest BCUT2D eigenvalue weighted by molar-refractivity contribution is 5.98. The summed E-state index contributed by atoms with van der Waals surface area (Å²) < 4.78 is 7.82. The van der Waals surface area contributed by atoms with Crippen LogP contribution in [0.15, 0.2) is 48.5 Å². The Morgan fingerprint density at radius 2 is 1.93 bits per heavy atom. The fourth-order valence-corrected chi connectivity index (χ4v) is 4.13. The number of ketones is 1. The number of hydrogen-bond donors (Lipinski definition) is 1. The summed E-state index contributed by atoms with van der Waals surface area (Å²) in [5, 5.41) is 9.87. The molecule has 5 nitrogen and oxygen atoms in total. The molecule has 1 unspecified atom stereocenters. The van der Waals surface area contributed by atoms with Crippen LogP contribution in [0.5, 0.6) is 5.75 Å². The molecule has 0 saturated carbocycles. The maximum Gasteiger partial charge on any atom is 0.341 e. The average Bonchev–Trinajstić information content (AvgIpc) is 3.21. The number of carbonyl (C=O) groups is 2. The number of nitrogens with zero attached hydrogens (tertiary/aromatic N) is 1. The second-order valence-corrected chi connectivity index (χ2v) is 6.97. The summed E-state index contributed by atoms with van der Waals surface area (Å²) in [5.74, 6) is -0.503. The highest BCUT2D eigenvalue weighted by atomic mass is 16.5. The molecule has 0 bridgehead atoms. The number of carboxylic acid groups (broad SMARTS) is 1. The molecule has 1 aromatic heterocycles. The number of Topliss-reactive ketones (excluding diaryl/α,β-unsaturated/α-hetero) is 1. The van der Waals surface area contributed by atoms with E-state index in [1.54, 1.807) is 13.0 Å². The molecule has 1 heterocycles. The number of carboxylic acids is 1. The van der Waals surface area contributed by atoms with Gasteiger partial charge in [-0.15, -0.1) is 0 Å². The molecular weight excluding hydrogens is 342 g/mol. The maximum atomic E-state index is 12.3. The lowest BCUT2D eigenvalue weighted by Gasteiger charge is -2.12. The molecule has 3 aromatic rings. The van der Waals surface area contributed by atoms with E-state index in [4.69, 9.17) is 9.84 Å². The van der Waals surface area contributed by atoms with Crippen LogP contribution in [0.25, 0.3) is 10.9 Å². The topological polar surface area (TPSA) is 68.5 Å². The Balaban J connectivity index is 1.90. The second-order valence-electron chi connectivity index (χ2n) is 6.97. The van der Waals surface area contributed by atoms with E-state index in [1.807, 2.05) is 30.3 Å². The van der Waals surface area contributed by atoms with Crippen LogP contribution in [0.2, 0.25) is 0 Å². The van der Waals surface area contributed by atoms with Crippen molar-refractivity contribution in [3.8, 4) is 5.75 Å². The lowest BCUT2D eigenvalue weighted by Crippen LogP contribution is -2.10. The molecule has 1 atom stereocenters. The molecule has 5 heteroatoms. The number of rotatable bonds is 6. The van der Waals surface area contributed by atoms with Gasteiger partial charge < -0.3 is 14.4 Å². The van der Waals surface area contributed by atoms with Gasteiger partial charge in [-0.2, -0.15) is 0 Å². The molecule has 0 radical (unpaired) electrons. The maximum absolute atomic E-state index is 12.3. The number of fused-ring (bicyclic) bond motifs is 3. The highest BCUT2D eigenvalue weighted by Crippen LogP contribution is 2.44. The fourth-order valence-electron chi connectivity index (χ4n) is 4.13. The predicted octanol–water partition coefficient (Wildman–Crippen LogP) is 3.77. The Morgan fingerprint density at radius 3 is 2.63 bits per heavy atom. The third-order valence-corrected chi connectivity index (χ3v) is 5.24. The smallest absolute Gasteiger partial charge is 0.341 e. The Morgan fingerprint density at radius 1 is 1.15 bits per heavy atom. The van der Waals surface area contributed by atoms with Crippen molar-refractivity contribution >= 4 is 22.7 Å². The van der Waals surface area contributed by atoms with Gasteiger partial charge in [0.05, 0.1) is 5.52 Å². The summed E-state index contributed by atoms with van der Waals surface area (Å²) in [4.78, 5) is 23.2. The molecule has 2 aromatic carbocycles. The van der Waals surface area contributed by atoms with Crippen molar-refractivity contribution < 1.29 is 19.4 Å². The number of benzene rings is 2. The first-order valence-corrected chi connectivity index (χ1v) is 9.09. The van der Waals surface area contributed by atoms with Crippen molar-refractivity contribution in [1.29, 1.82) is 0 Å². The second kappa shape index (κ2) is 6.91. The number of aromatic nitrogens is 1. The van der Waals surface area contributed by atoms with Crippen LogP contribution in [0.3, 0.4) is 0 Å². The van der Waals surface area contributed by atoms with E-state index in [0.29, 0.717) is 12.3 Å². The summed E-state index contributed by atoms with van der Waals surface area (Å²) in [6.07, 6.45) is 1.62. The van der Waals surface area contributed by atoms with Crippen LogP contribution in [0.4, 0.5) is 0 Å². The van der Waals surface area contributed by atoms with Crippen LogP contribution in [-0.4, -0.2) is 28.0 Å². The summed E-state index contributed by atoms with van der Waals surface area (Å²) >= 11 is 0. The van der Waals surface area contributed by atoms with E-state index < -0.39 is 12.6 Å². The highest BCUT2D eigenvalue weighted by Gasteiger charge is 2.33. The van der Waals surface area contributed by atoms with Crippen molar-refractivity contribution in [2.45, 2.75) is 32.2 Å². The molecule has 0 aliphatic heterocycles. The molecule has 0 spiro atoms. The van der Waals surface area contributed by atoms with E-state index in [1.165, 1.54) is 5.56 Å². The number of hydrogen-bond acceptors (Lipinski definition) is 3. The Kier molecular flexibility index (Phi) is 4.44. The SMILES string of the molecule is CC(=O)C1CCc2c1c1c(OCC(=O)O)cccc1n2Cc1ccccc1. The fraction of sp³-hybridized carbons (Fsp3) is 0.273. The van der Waals surface area contributed by atoms with Crippen molar-refractivity contribution in [2.75, 3.05) is 6.61 Å². The zero-order valence-electron chi connectivity index (χ0n) is 15.1. The molecule has 0 saturated heterocycles. The Bertz CT molecular complexity index is 1020. The lowest BCUT2D eigenvalue weighted by molar-refractivity contribution is -0.139. The zero-order valence-corrected chi connectivity index (χ0v) is 15.1. The number of aliphatic carboxylic acids is 1. The van der Waals surface area contributed by atoms with Crippen LogP contribution >= 0.6 is 0 Å². The van der Waals surface area contributed by atoms with Crippen molar-refractivity contribution in [3.63, 3.8) is 0 Å². The number of ether oxygens (including phenoxy) is 1. The molecule has 138 valence electrons. The van der Waals surface area contributed by atoms with Crippen molar-refractivity contribution in [1.82, 2.24) is 4.57 Å². The molecule has 4 rings (SSSR count). The van der Waals surface area contributed by atoms with Gasteiger partial charge in [-0.25, -0.2) is 4.79 Å². The Hall–Kier alpha value is -3.08. The van der Waals surface area contributed by atoms with Crippen molar-refractivity contribution in [2.24, 2.45) is 0 Å². The Labute approximate surface area is 157 Å². The molecule has 1 aliphatic carbocycles. The molecule has 1 N–H and O–H groups in total.